The van der Waals surface area contributed by atoms with E-state index in [0.29, 0.717) is 5.57 Å². The average Bonchev–Trinajstić information content (AvgIpc) is 3.09. The molecule has 2 aliphatic rings. The Hall–Kier alpha value is -2.31. The zero-order valence-corrected chi connectivity index (χ0v) is 14.9. The summed E-state index contributed by atoms with van der Waals surface area (Å²) in [6.45, 7) is 1.26. The Balaban J connectivity index is 1.64. The Morgan fingerprint density at radius 1 is 1.48 bits per heavy atom. The van der Waals surface area contributed by atoms with E-state index >= 15 is 0 Å². The van der Waals surface area contributed by atoms with Crippen molar-refractivity contribution in [1.82, 2.24) is 10.2 Å². The van der Waals surface area contributed by atoms with Gasteiger partial charge in [0, 0.05) is 17.4 Å². The van der Waals surface area contributed by atoms with Crippen molar-refractivity contribution in [3.8, 4) is 6.07 Å². The number of thioether (sulfide) groups is 1. The van der Waals surface area contributed by atoms with E-state index in [1.165, 1.54) is 34.9 Å². The average molecular weight is 377 g/mol. The number of carbonyl (C=O) groups is 3. The summed E-state index contributed by atoms with van der Waals surface area (Å²) in [7, 11) is 0. The van der Waals surface area contributed by atoms with Crippen LogP contribution in [0.1, 0.15) is 11.8 Å². The van der Waals surface area contributed by atoms with Crippen molar-refractivity contribution in [3.63, 3.8) is 0 Å². The molecule has 3 atom stereocenters. The van der Waals surface area contributed by atoms with E-state index in [1.807, 2.05) is 17.5 Å². The van der Waals surface area contributed by atoms with Crippen LogP contribution in [0.2, 0.25) is 0 Å². The van der Waals surface area contributed by atoms with Crippen molar-refractivity contribution in [2.45, 2.75) is 30.8 Å². The van der Waals surface area contributed by atoms with Crippen LogP contribution in [-0.2, 0) is 25.5 Å². The number of amides is 2. The molecule has 0 bridgehead atoms. The lowest BCUT2D eigenvalue weighted by Crippen LogP contribution is -2.72. The largest absolute Gasteiger partial charge is 0.461 e. The van der Waals surface area contributed by atoms with Gasteiger partial charge in [-0.2, -0.15) is 5.26 Å². The smallest absolute Gasteiger partial charge is 0.302 e. The minimum Gasteiger partial charge on any atom is -0.461 e. The van der Waals surface area contributed by atoms with Crippen LogP contribution < -0.4 is 5.32 Å². The number of thiophene rings is 1. The lowest BCUT2D eigenvalue weighted by molar-refractivity contribution is -0.150. The second kappa shape index (κ2) is 7.29. The molecule has 3 rings (SSSR count). The summed E-state index contributed by atoms with van der Waals surface area (Å²) in [5.41, 5.74) is 0.565. The molecule has 0 aromatic carbocycles. The number of rotatable bonds is 5. The van der Waals surface area contributed by atoms with Crippen molar-refractivity contribution in [2.75, 3.05) is 6.61 Å². The van der Waals surface area contributed by atoms with Crippen molar-refractivity contribution < 1.29 is 19.1 Å². The maximum atomic E-state index is 12.4. The molecule has 25 heavy (non-hydrogen) atoms. The van der Waals surface area contributed by atoms with Crippen LogP contribution in [0.5, 0.6) is 0 Å². The van der Waals surface area contributed by atoms with E-state index < -0.39 is 18.1 Å². The van der Waals surface area contributed by atoms with Gasteiger partial charge in [-0.15, -0.1) is 23.1 Å². The number of β-lactam (4-membered cyclic amide) rings is 1. The van der Waals surface area contributed by atoms with Gasteiger partial charge in [0.05, 0.1) is 12.5 Å². The molecule has 2 amide bonds. The molecular weight excluding hydrogens is 362 g/mol. The van der Waals surface area contributed by atoms with Gasteiger partial charge in [0.2, 0.25) is 5.91 Å². The van der Waals surface area contributed by atoms with Crippen LogP contribution in [0.4, 0.5) is 0 Å². The van der Waals surface area contributed by atoms with Crippen LogP contribution in [0.3, 0.4) is 0 Å². The molecular formula is C16H15N3O4S2. The first-order chi connectivity index (χ1) is 12.0. The van der Waals surface area contributed by atoms with E-state index in [-0.39, 0.29) is 30.2 Å². The lowest BCUT2D eigenvalue weighted by atomic mass is 9.99. The van der Waals surface area contributed by atoms with Crippen molar-refractivity contribution >= 4 is 40.9 Å². The normalized spacial score (nSPS) is 24.5. The van der Waals surface area contributed by atoms with E-state index in [0.717, 1.165) is 4.88 Å². The van der Waals surface area contributed by atoms with Gasteiger partial charge in [0.25, 0.3) is 5.91 Å². The highest BCUT2D eigenvalue weighted by molar-refractivity contribution is 8.02. The summed E-state index contributed by atoms with van der Waals surface area (Å²) in [5.74, 6) is -0.959. The maximum Gasteiger partial charge on any atom is 0.302 e. The monoisotopic (exact) mass is 377 g/mol. The second-order valence-electron chi connectivity index (χ2n) is 5.58. The molecule has 9 heteroatoms. The Labute approximate surface area is 152 Å². The predicted octanol–water partition coefficient (Wildman–Crippen LogP) is 1.03. The number of carbonyl (C=O) groups excluding carboxylic acids is 3. The topological polar surface area (TPSA) is 99.5 Å². The summed E-state index contributed by atoms with van der Waals surface area (Å²) in [4.78, 5) is 37.8. The van der Waals surface area contributed by atoms with Crippen LogP contribution in [0.25, 0.3) is 0 Å². The van der Waals surface area contributed by atoms with E-state index in [1.54, 1.807) is 5.41 Å². The van der Waals surface area contributed by atoms with Crippen molar-refractivity contribution in [2.24, 2.45) is 0 Å². The molecule has 0 unspecified atom stereocenters. The number of hydrogen-bond donors (Lipinski definition) is 1. The Kier molecular flexibility index (Phi) is 5.11. The molecule has 7 nitrogen and oxygen atoms in total. The molecule has 0 aliphatic carbocycles. The van der Waals surface area contributed by atoms with Gasteiger partial charge in [-0.05, 0) is 16.9 Å². The third-order valence-electron chi connectivity index (χ3n) is 3.86. The number of fused-ring (bicyclic) bond motifs is 1. The van der Waals surface area contributed by atoms with Gasteiger partial charge < -0.3 is 15.0 Å². The molecule has 130 valence electrons. The summed E-state index contributed by atoms with van der Waals surface area (Å²) in [6, 6.07) is 4.39. The van der Waals surface area contributed by atoms with E-state index in [4.69, 9.17) is 4.74 Å². The first-order valence-corrected chi connectivity index (χ1v) is 9.35. The second-order valence-corrected chi connectivity index (χ2v) is 7.60. The quantitative estimate of drug-likeness (QED) is 0.608. The lowest BCUT2D eigenvalue weighted by Gasteiger charge is -2.50. The third kappa shape index (κ3) is 3.55. The zero-order valence-electron chi connectivity index (χ0n) is 13.3. The van der Waals surface area contributed by atoms with Gasteiger partial charge in [-0.25, -0.2) is 0 Å². The van der Waals surface area contributed by atoms with E-state index in [9.17, 15) is 19.6 Å². The van der Waals surface area contributed by atoms with Crippen molar-refractivity contribution in [1.29, 1.82) is 5.26 Å². The van der Waals surface area contributed by atoms with Gasteiger partial charge in [-0.3, -0.25) is 14.4 Å². The molecule has 0 spiro atoms. The fraction of sp³-hybridized carbons (Fsp3) is 0.375. The first-order valence-electron chi connectivity index (χ1n) is 7.52. The van der Waals surface area contributed by atoms with Gasteiger partial charge in [-0.1, -0.05) is 6.07 Å². The molecule has 1 fully saturated rings. The fourth-order valence-electron chi connectivity index (χ4n) is 2.68. The third-order valence-corrected chi connectivity index (χ3v) is 5.96. The summed E-state index contributed by atoms with van der Waals surface area (Å²) >= 11 is 2.83. The summed E-state index contributed by atoms with van der Waals surface area (Å²) < 4.78 is 4.93. The van der Waals surface area contributed by atoms with Crippen molar-refractivity contribution in [3.05, 3.63) is 33.4 Å². The van der Waals surface area contributed by atoms with Crippen LogP contribution in [0.15, 0.2) is 28.5 Å². The zero-order chi connectivity index (χ0) is 18.0. The minimum atomic E-state index is -0.774. The summed E-state index contributed by atoms with van der Waals surface area (Å²) in [6.07, 6.45) is 0.230. The molecule has 0 radical (unpaired) electrons. The SMILES string of the molecule is CC(=O)OCC1=CS[C@@H]2[C@H](NC(=O)Cc3cccs3)C(=O)N2[C@H]1C#N. The number of nitrogens with one attached hydrogen (secondary N) is 1. The number of hydrogen-bond acceptors (Lipinski definition) is 7. The molecule has 1 N–H and O–H groups in total. The highest BCUT2D eigenvalue weighted by Crippen LogP contribution is 2.39. The van der Waals surface area contributed by atoms with Gasteiger partial charge in [0.1, 0.15) is 24.1 Å². The molecule has 2 aliphatic heterocycles. The molecule has 1 aromatic heterocycles. The highest BCUT2D eigenvalue weighted by Gasteiger charge is 2.54. The number of esters is 1. The predicted molar refractivity (Wildman–Crippen MR) is 92.3 cm³/mol. The summed E-state index contributed by atoms with van der Waals surface area (Å²) in [5, 5.41) is 15.4. The van der Waals surface area contributed by atoms with Gasteiger partial charge in [0.15, 0.2) is 0 Å². The Bertz CT molecular complexity index is 769. The fourth-order valence-corrected chi connectivity index (χ4v) is 4.59. The number of ether oxygens (including phenoxy) is 1. The van der Waals surface area contributed by atoms with Crippen LogP contribution in [0, 0.1) is 11.3 Å². The Morgan fingerprint density at radius 2 is 2.28 bits per heavy atom. The number of nitrogens with zero attached hydrogens (tertiary/aromatic N) is 2. The minimum absolute atomic E-state index is 0.0214. The van der Waals surface area contributed by atoms with Crippen LogP contribution in [-0.4, -0.2) is 46.7 Å². The van der Waals surface area contributed by atoms with E-state index in [2.05, 4.69) is 11.4 Å². The first kappa shape index (κ1) is 17.5. The standard InChI is InChI=1S/C16H15N3O4S2/c1-9(20)23-7-10-8-25-16-14(15(22)19(16)12(10)6-17)18-13(21)5-11-3-2-4-24-11/h2-4,8,12,14,16H,5,7H2,1H3,(H,18,21)/t12-,14+,16+/m0/s1. The van der Waals surface area contributed by atoms with Crippen LogP contribution >= 0.6 is 23.1 Å². The molecule has 0 saturated carbocycles. The Morgan fingerprint density at radius 3 is 2.92 bits per heavy atom. The van der Waals surface area contributed by atoms with Gasteiger partial charge >= 0.3 is 5.97 Å². The molecule has 1 aromatic rings. The highest BCUT2D eigenvalue weighted by atomic mass is 32.2. The maximum absolute atomic E-state index is 12.4. The molecule has 3 heterocycles. The number of nitriles is 1. The molecule has 1 saturated heterocycles.